The predicted octanol–water partition coefficient (Wildman–Crippen LogP) is 1.95. The number of ether oxygens (including phenoxy) is 1. The van der Waals surface area contributed by atoms with Gasteiger partial charge in [-0.05, 0) is 63.2 Å². The van der Waals surface area contributed by atoms with Gasteiger partial charge in [0.15, 0.2) is 18.5 Å². The molecule has 1 aromatic rings. The highest BCUT2D eigenvalue weighted by Gasteiger charge is 2.51. The molecule has 0 saturated heterocycles. The molecule has 1 heterocycles. The average Bonchev–Trinajstić information content (AvgIpc) is 2.53. The highest BCUT2D eigenvalue weighted by atomic mass is 16.5. The molecule has 4 bridgehead atoms. The fourth-order valence-electron chi connectivity index (χ4n) is 5.46. The van der Waals surface area contributed by atoms with Crippen molar-refractivity contribution in [1.82, 2.24) is 5.32 Å². The van der Waals surface area contributed by atoms with E-state index in [0.717, 1.165) is 37.0 Å². The van der Waals surface area contributed by atoms with Crippen LogP contribution in [-0.4, -0.2) is 23.5 Å². The molecule has 1 amide bonds. The van der Waals surface area contributed by atoms with Gasteiger partial charge < -0.3 is 15.3 Å². The number of aromatic nitrogens is 1. The standard InChI is InChI=1S/C19H24N2O4/c1-12(25-18(23)16-2-4-21(24)5-3-16)17(22)20-19-9-13-6-14(10-19)8-15(7-13)11-19/h2-5,12-15H,6-11H2,1H3,(H,20,22)/t12-,13?,14?,15?,19?/m1/s1. The largest absolute Gasteiger partial charge is 0.619 e. The summed E-state index contributed by atoms with van der Waals surface area (Å²) < 4.78 is 5.89. The lowest BCUT2D eigenvalue weighted by Crippen LogP contribution is -2.61. The second-order valence-electron chi connectivity index (χ2n) is 8.18. The predicted molar refractivity (Wildman–Crippen MR) is 89.3 cm³/mol. The van der Waals surface area contributed by atoms with Gasteiger partial charge in [-0.15, -0.1) is 0 Å². The fraction of sp³-hybridized carbons (Fsp3) is 0.632. The zero-order chi connectivity index (χ0) is 17.6. The first-order valence-electron chi connectivity index (χ1n) is 9.14. The molecule has 25 heavy (non-hydrogen) atoms. The maximum Gasteiger partial charge on any atom is 0.339 e. The number of hydrogen-bond acceptors (Lipinski definition) is 4. The molecule has 1 aromatic heterocycles. The van der Waals surface area contributed by atoms with E-state index in [1.807, 2.05) is 0 Å². The third-order valence-electron chi connectivity index (χ3n) is 6.12. The molecule has 4 fully saturated rings. The van der Waals surface area contributed by atoms with Crippen molar-refractivity contribution in [3.63, 3.8) is 0 Å². The molecule has 4 aliphatic carbocycles. The molecule has 1 N–H and O–H groups in total. The fourth-order valence-corrected chi connectivity index (χ4v) is 5.46. The van der Waals surface area contributed by atoms with Crippen LogP contribution in [0.4, 0.5) is 0 Å². The first kappa shape index (κ1) is 16.4. The van der Waals surface area contributed by atoms with Crippen LogP contribution in [0, 0.1) is 23.0 Å². The third-order valence-corrected chi connectivity index (χ3v) is 6.12. The number of carbonyl (C=O) groups excluding carboxylic acids is 2. The van der Waals surface area contributed by atoms with Gasteiger partial charge in [0, 0.05) is 17.7 Å². The first-order chi connectivity index (χ1) is 11.9. The van der Waals surface area contributed by atoms with E-state index in [-0.39, 0.29) is 17.0 Å². The summed E-state index contributed by atoms with van der Waals surface area (Å²) in [5, 5.41) is 14.2. The van der Waals surface area contributed by atoms with Crippen LogP contribution in [0.2, 0.25) is 0 Å². The van der Waals surface area contributed by atoms with Crippen molar-refractivity contribution in [2.24, 2.45) is 17.8 Å². The quantitative estimate of drug-likeness (QED) is 0.514. The van der Waals surface area contributed by atoms with Gasteiger partial charge >= 0.3 is 5.97 Å². The van der Waals surface area contributed by atoms with E-state index in [2.05, 4.69) is 5.32 Å². The molecule has 5 rings (SSSR count). The van der Waals surface area contributed by atoms with Crippen molar-refractivity contribution in [3.8, 4) is 0 Å². The molecule has 6 heteroatoms. The summed E-state index contributed by atoms with van der Waals surface area (Å²) in [5.74, 6) is 1.42. The van der Waals surface area contributed by atoms with Gasteiger partial charge in [0.25, 0.3) is 5.91 Å². The van der Waals surface area contributed by atoms with Crippen molar-refractivity contribution in [3.05, 3.63) is 35.3 Å². The summed E-state index contributed by atoms with van der Waals surface area (Å²) >= 11 is 0. The van der Waals surface area contributed by atoms with Crippen LogP contribution in [0.3, 0.4) is 0 Å². The summed E-state index contributed by atoms with van der Waals surface area (Å²) in [6, 6.07) is 2.78. The number of nitrogens with one attached hydrogen (secondary N) is 1. The minimum atomic E-state index is -0.847. The minimum Gasteiger partial charge on any atom is -0.619 e. The summed E-state index contributed by atoms with van der Waals surface area (Å²) in [7, 11) is 0. The topological polar surface area (TPSA) is 82.3 Å². The van der Waals surface area contributed by atoms with Gasteiger partial charge in [0.1, 0.15) is 0 Å². The van der Waals surface area contributed by atoms with Crippen LogP contribution < -0.4 is 10.0 Å². The average molecular weight is 344 g/mol. The molecule has 1 atom stereocenters. The molecule has 0 spiro atoms. The van der Waals surface area contributed by atoms with E-state index >= 15 is 0 Å². The summed E-state index contributed by atoms with van der Waals surface area (Å²) in [5.41, 5.74) is 0.175. The molecule has 134 valence electrons. The molecule has 4 aliphatic rings. The maximum absolute atomic E-state index is 12.6. The Kier molecular flexibility index (Phi) is 3.93. The van der Waals surface area contributed by atoms with Gasteiger partial charge in [-0.1, -0.05) is 0 Å². The van der Waals surface area contributed by atoms with Gasteiger partial charge in [-0.3, -0.25) is 4.79 Å². The molecule has 6 nitrogen and oxygen atoms in total. The summed E-state index contributed by atoms with van der Waals surface area (Å²) in [6.45, 7) is 1.60. The highest BCUT2D eigenvalue weighted by Crippen LogP contribution is 2.55. The Labute approximate surface area is 147 Å². The van der Waals surface area contributed by atoms with Crippen molar-refractivity contribution >= 4 is 11.9 Å². The van der Waals surface area contributed by atoms with Crippen LogP contribution in [0.1, 0.15) is 55.8 Å². The number of nitrogens with zero attached hydrogens (tertiary/aromatic N) is 1. The molecule has 0 unspecified atom stereocenters. The van der Waals surface area contributed by atoms with E-state index < -0.39 is 12.1 Å². The van der Waals surface area contributed by atoms with Crippen molar-refractivity contribution in [2.75, 3.05) is 0 Å². The zero-order valence-corrected chi connectivity index (χ0v) is 14.4. The van der Waals surface area contributed by atoms with Crippen LogP contribution in [0.15, 0.2) is 24.5 Å². The van der Waals surface area contributed by atoms with Crippen LogP contribution in [0.5, 0.6) is 0 Å². The van der Waals surface area contributed by atoms with Gasteiger partial charge in [-0.2, -0.15) is 4.73 Å². The van der Waals surface area contributed by atoms with Crippen molar-refractivity contribution in [2.45, 2.75) is 57.1 Å². The van der Waals surface area contributed by atoms with E-state index in [9.17, 15) is 14.8 Å². The molecular weight excluding hydrogens is 320 g/mol. The second kappa shape index (κ2) is 6.00. The maximum atomic E-state index is 12.6. The van der Waals surface area contributed by atoms with Gasteiger partial charge in [0.05, 0.1) is 5.56 Å². The van der Waals surface area contributed by atoms with E-state index in [0.29, 0.717) is 4.73 Å². The SMILES string of the molecule is C[C@@H](OC(=O)c1cc[n+]([O-])cc1)C(=O)NC12CC3CC(CC(C3)C1)C2. The van der Waals surface area contributed by atoms with E-state index in [4.69, 9.17) is 4.74 Å². The normalized spacial score (nSPS) is 33.7. The Hall–Kier alpha value is -2.11. The molecular formula is C19H24N2O4. The number of carbonyl (C=O) groups is 2. The first-order valence-corrected chi connectivity index (χ1v) is 9.14. The van der Waals surface area contributed by atoms with Gasteiger partial charge in [0.2, 0.25) is 0 Å². The number of amides is 1. The van der Waals surface area contributed by atoms with Gasteiger partial charge in [-0.25, -0.2) is 4.79 Å². The van der Waals surface area contributed by atoms with E-state index in [1.54, 1.807) is 6.92 Å². The summed E-state index contributed by atoms with van der Waals surface area (Å²) in [6.07, 6.45) is 8.75. The minimum absolute atomic E-state index is 0.0899. The van der Waals surface area contributed by atoms with Crippen molar-refractivity contribution < 1.29 is 19.1 Å². The molecule has 4 saturated carbocycles. The summed E-state index contributed by atoms with van der Waals surface area (Å²) in [4.78, 5) is 24.7. The number of hydrogen-bond donors (Lipinski definition) is 1. The van der Waals surface area contributed by atoms with E-state index in [1.165, 1.54) is 43.8 Å². The smallest absolute Gasteiger partial charge is 0.339 e. The van der Waals surface area contributed by atoms with Crippen LogP contribution >= 0.6 is 0 Å². The number of pyridine rings is 1. The highest BCUT2D eigenvalue weighted by molar-refractivity contribution is 5.92. The second-order valence-corrected chi connectivity index (χ2v) is 8.18. The molecule has 0 aromatic carbocycles. The lowest BCUT2D eigenvalue weighted by molar-refractivity contribution is -0.605. The molecule has 0 radical (unpaired) electrons. The Morgan fingerprint density at radius 2 is 1.68 bits per heavy atom. The van der Waals surface area contributed by atoms with Crippen molar-refractivity contribution in [1.29, 1.82) is 0 Å². The monoisotopic (exact) mass is 344 g/mol. The Morgan fingerprint density at radius 1 is 1.16 bits per heavy atom. The Morgan fingerprint density at radius 3 is 2.20 bits per heavy atom. The third kappa shape index (κ3) is 3.22. The molecule has 0 aliphatic heterocycles. The Bertz CT molecular complexity index is 650. The zero-order valence-electron chi connectivity index (χ0n) is 14.4. The van der Waals surface area contributed by atoms with Crippen LogP contribution in [0.25, 0.3) is 0 Å². The lowest BCUT2D eigenvalue weighted by atomic mass is 9.53. The lowest BCUT2D eigenvalue weighted by Gasteiger charge is -2.57. The van der Waals surface area contributed by atoms with Crippen LogP contribution in [-0.2, 0) is 9.53 Å². The number of rotatable bonds is 4. The number of esters is 1. The Balaban J connectivity index is 1.38.